The molecule has 0 unspecified atom stereocenters. The van der Waals surface area contributed by atoms with E-state index in [1.807, 2.05) is 0 Å². The number of sulfonamides is 1. The summed E-state index contributed by atoms with van der Waals surface area (Å²) in [6, 6.07) is 8.52. The lowest BCUT2D eigenvalue weighted by Crippen LogP contribution is -2.28. The van der Waals surface area contributed by atoms with E-state index in [0.717, 1.165) is 25.0 Å². The van der Waals surface area contributed by atoms with Gasteiger partial charge in [0.2, 0.25) is 0 Å². The van der Waals surface area contributed by atoms with Crippen molar-refractivity contribution in [2.24, 2.45) is 0 Å². The Labute approximate surface area is 144 Å². The first-order valence-electron chi connectivity index (χ1n) is 7.75. The second kappa shape index (κ2) is 6.79. The number of hydrogen-bond donors (Lipinski definition) is 1. The molecule has 1 amide bonds. The maximum atomic E-state index is 13.3. The minimum Gasteiger partial charge on any atom is -0.339 e. The van der Waals surface area contributed by atoms with Gasteiger partial charge < -0.3 is 4.90 Å². The van der Waals surface area contributed by atoms with E-state index in [-0.39, 0.29) is 17.2 Å². The topological polar surface area (TPSA) is 66.5 Å². The smallest absolute Gasteiger partial charge is 0.262 e. The highest BCUT2D eigenvalue weighted by molar-refractivity contribution is 7.92. The van der Waals surface area contributed by atoms with E-state index in [1.54, 1.807) is 17.0 Å². The molecule has 0 radical (unpaired) electrons. The molecule has 2 aromatic rings. The van der Waals surface area contributed by atoms with Crippen molar-refractivity contribution in [2.45, 2.75) is 17.7 Å². The quantitative estimate of drug-likeness (QED) is 0.905. The fourth-order valence-corrected chi connectivity index (χ4v) is 3.79. The van der Waals surface area contributed by atoms with Crippen molar-refractivity contribution in [1.29, 1.82) is 0 Å². The molecular weight excluding hydrogens is 350 g/mol. The summed E-state index contributed by atoms with van der Waals surface area (Å²) < 4.78 is 53.5. The number of benzene rings is 2. The summed E-state index contributed by atoms with van der Waals surface area (Å²) in [5.74, 6) is -2.66. The van der Waals surface area contributed by atoms with Gasteiger partial charge in [-0.3, -0.25) is 9.52 Å². The average molecular weight is 366 g/mol. The van der Waals surface area contributed by atoms with E-state index in [4.69, 9.17) is 0 Å². The Morgan fingerprint density at radius 3 is 2.36 bits per heavy atom. The van der Waals surface area contributed by atoms with Crippen LogP contribution < -0.4 is 4.72 Å². The maximum Gasteiger partial charge on any atom is 0.262 e. The second-order valence-electron chi connectivity index (χ2n) is 5.73. The standard InChI is InChI=1S/C17H16F2N2O3S/c18-14-8-7-12(11-15(14)19)25(23,24)20-16-6-2-1-5-13(16)17(22)21-9-3-4-10-21/h1-2,5-8,11,20H,3-4,9-10H2. The van der Waals surface area contributed by atoms with Crippen molar-refractivity contribution >= 4 is 21.6 Å². The summed E-state index contributed by atoms with van der Waals surface area (Å²) in [5, 5.41) is 0. The van der Waals surface area contributed by atoms with E-state index in [0.29, 0.717) is 19.2 Å². The van der Waals surface area contributed by atoms with E-state index in [9.17, 15) is 22.0 Å². The van der Waals surface area contributed by atoms with Crippen LogP contribution in [0.2, 0.25) is 0 Å². The number of amides is 1. The molecule has 5 nitrogen and oxygen atoms in total. The minimum atomic E-state index is -4.16. The van der Waals surface area contributed by atoms with Crippen molar-refractivity contribution < 1.29 is 22.0 Å². The number of nitrogens with one attached hydrogen (secondary N) is 1. The highest BCUT2D eigenvalue weighted by atomic mass is 32.2. The summed E-state index contributed by atoms with van der Waals surface area (Å²) in [4.78, 5) is 13.8. The molecule has 0 bridgehead atoms. The molecule has 0 spiro atoms. The third kappa shape index (κ3) is 3.63. The molecule has 0 atom stereocenters. The van der Waals surface area contributed by atoms with Gasteiger partial charge >= 0.3 is 0 Å². The molecule has 1 N–H and O–H groups in total. The first-order valence-corrected chi connectivity index (χ1v) is 9.23. The number of halogens is 2. The van der Waals surface area contributed by atoms with Crippen LogP contribution in [-0.2, 0) is 10.0 Å². The summed E-state index contributed by atoms with van der Waals surface area (Å²) in [7, 11) is -4.16. The van der Waals surface area contributed by atoms with Crippen LogP contribution in [0.3, 0.4) is 0 Å². The predicted octanol–water partition coefficient (Wildman–Crippen LogP) is 3.00. The number of hydrogen-bond acceptors (Lipinski definition) is 3. The summed E-state index contributed by atoms with van der Waals surface area (Å²) in [6.07, 6.45) is 1.82. The number of nitrogens with zero attached hydrogens (tertiary/aromatic N) is 1. The summed E-state index contributed by atoms with van der Waals surface area (Å²) >= 11 is 0. The number of carbonyl (C=O) groups is 1. The van der Waals surface area contributed by atoms with Crippen molar-refractivity contribution in [3.63, 3.8) is 0 Å². The Morgan fingerprint density at radius 2 is 1.68 bits per heavy atom. The van der Waals surface area contributed by atoms with Crippen LogP contribution in [-0.4, -0.2) is 32.3 Å². The Balaban J connectivity index is 1.92. The van der Waals surface area contributed by atoms with Gasteiger partial charge in [-0.2, -0.15) is 0 Å². The molecule has 0 aliphatic carbocycles. The zero-order chi connectivity index (χ0) is 18.0. The molecule has 0 saturated carbocycles. The molecule has 1 aliphatic heterocycles. The van der Waals surface area contributed by atoms with Crippen LogP contribution in [0.15, 0.2) is 47.4 Å². The van der Waals surface area contributed by atoms with Crippen LogP contribution >= 0.6 is 0 Å². The van der Waals surface area contributed by atoms with Crippen molar-refractivity contribution in [3.05, 3.63) is 59.7 Å². The lowest BCUT2D eigenvalue weighted by atomic mass is 10.1. The molecule has 25 heavy (non-hydrogen) atoms. The molecule has 2 aromatic carbocycles. The maximum absolute atomic E-state index is 13.3. The number of rotatable bonds is 4. The van der Waals surface area contributed by atoms with Crippen molar-refractivity contribution in [3.8, 4) is 0 Å². The van der Waals surface area contributed by atoms with Crippen LogP contribution in [0.25, 0.3) is 0 Å². The first-order chi connectivity index (χ1) is 11.9. The molecule has 1 fully saturated rings. The molecule has 3 rings (SSSR count). The lowest BCUT2D eigenvalue weighted by molar-refractivity contribution is 0.0794. The Bertz CT molecular complexity index is 910. The zero-order valence-corrected chi connectivity index (χ0v) is 14.0. The lowest BCUT2D eigenvalue weighted by Gasteiger charge is -2.18. The van der Waals surface area contributed by atoms with Gasteiger partial charge in [-0.1, -0.05) is 12.1 Å². The Kier molecular flexibility index (Phi) is 4.71. The van der Waals surface area contributed by atoms with Gasteiger partial charge in [-0.05, 0) is 43.2 Å². The highest BCUT2D eigenvalue weighted by Gasteiger charge is 2.24. The van der Waals surface area contributed by atoms with Crippen molar-refractivity contribution in [2.75, 3.05) is 17.8 Å². The first kappa shape index (κ1) is 17.3. The molecule has 1 aliphatic rings. The van der Waals surface area contributed by atoms with Gasteiger partial charge in [0.25, 0.3) is 15.9 Å². The third-order valence-electron chi connectivity index (χ3n) is 4.00. The Morgan fingerprint density at radius 1 is 1.00 bits per heavy atom. The predicted molar refractivity (Wildman–Crippen MR) is 88.7 cm³/mol. The molecule has 1 heterocycles. The van der Waals surface area contributed by atoms with Gasteiger partial charge in [-0.15, -0.1) is 0 Å². The van der Waals surface area contributed by atoms with Crippen LogP contribution in [0.5, 0.6) is 0 Å². The van der Waals surface area contributed by atoms with E-state index in [2.05, 4.69) is 4.72 Å². The minimum absolute atomic E-state index is 0.101. The van der Waals surface area contributed by atoms with Gasteiger partial charge in [0.05, 0.1) is 16.1 Å². The molecule has 132 valence electrons. The summed E-state index contributed by atoms with van der Waals surface area (Å²) in [6.45, 7) is 1.26. The fraction of sp³-hybridized carbons (Fsp3) is 0.235. The number of para-hydroxylation sites is 1. The normalized spacial score (nSPS) is 14.6. The third-order valence-corrected chi connectivity index (χ3v) is 5.36. The van der Waals surface area contributed by atoms with E-state index < -0.39 is 26.6 Å². The number of carbonyl (C=O) groups excluding carboxylic acids is 1. The number of likely N-dealkylation sites (tertiary alicyclic amines) is 1. The molecular formula is C17H16F2N2O3S. The zero-order valence-electron chi connectivity index (χ0n) is 13.2. The second-order valence-corrected chi connectivity index (χ2v) is 7.41. The van der Waals surface area contributed by atoms with Crippen LogP contribution in [0.1, 0.15) is 23.2 Å². The average Bonchev–Trinajstić information content (AvgIpc) is 3.11. The van der Waals surface area contributed by atoms with Crippen LogP contribution in [0.4, 0.5) is 14.5 Å². The monoisotopic (exact) mass is 366 g/mol. The molecule has 0 aromatic heterocycles. The van der Waals surface area contributed by atoms with Gasteiger partial charge in [-0.25, -0.2) is 17.2 Å². The molecule has 1 saturated heterocycles. The van der Waals surface area contributed by atoms with Gasteiger partial charge in [0, 0.05) is 13.1 Å². The van der Waals surface area contributed by atoms with Gasteiger partial charge in [0.1, 0.15) is 0 Å². The SMILES string of the molecule is O=C(c1ccccc1NS(=O)(=O)c1ccc(F)c(F)c1)N1CCCC1. The van der Waals surface area contributed by atoms with E-state index >= 15 is 0 Å². The highest BCUT2D eigenvalue weighted by Crippen LogP contribution is 2.23. The summed E-state index contributed by atoms with van der Waals surface area (Å²) in [5.41, 5.74) is 0.319. The fourth-order valence-electron chi connectivity index (χ4n) is 2.70. The number of anilines is 1. The van der Waals surface area contributed by atoms with Crippen molar-refractivity contribution in [1.82, 2.24) is 4.90 Å². The molecule has 8 heteroatoms. The Hall–Kier alpha value is -2.48. The van der Waals surface area contributed by atoms with E-state index in [1.165, 1.54) is 12.1 Å². The van der Waals surface area contributed by atoms with Crippen LogP contribution in [0, 0.1) is 11.6 Å². The van der Waals surface area contributed by atoms with Gasteiger partial charge in [0.15, 0.2) is 11.6 Å². The largest absolute Gasteiger partial charge is 0.339 e.